The van der Waals surface area contributed by atoms with Crippen LogP contribution < -0.4 is 4.90 Å². The van der Waals surface area contributed by atoms with Crippen molar-refractivity contribution in [2.45, 2.75) is 31.7 Å². The van der Waals surface area contributed by atoms with Gasteiger partial charge in [0, 0.05) is 34.0 Å². The van der Waals surface area contributed by atoms with E-state index in [2.05, 4.69) is 20.9 Å². The zero-order valence-electron chi connectivity index (χ0n) is 16.9. The fourth-order valence-corrected chi connectivity index (χ4v) is 4.55. The number of aromatic nitrogens is 1. The zero-order chi connectivity index (χ0) is 21.5. The molecule has 6 nitrogen and oxygen atoms in total. The van der Waals surface area contributed by atoms with Gasteiger partial charge in [-0.25, -0.2) is 4.90 Å². The number of halogens is 1. The molecule has 1 N–H and O–H groups in total. The monoisotopic (exact) mass is 479 g/mol. The number of nitrogens with one attached hydrogen (secondary N) is 1. The van der Waals surface area contributed by atoms with E-state index in [1.165, 1.54) is 4.90 Å². The number of hydrogen-bond donors (Lipinski definition) is 1. The third-order valence-corrected chi connectivity index (χ3v) is 6.62. The van der Waals surface area contributed by atoms with E-state index in [1.807, 2.05) is 30.5 Å². The highest BCUT2D eigenvalue weighted by Gasteiger charge is 2.46. The SMILES string of the molecule is O=C1CC(N(CCc2c[nH]c3ccccc23)C(=O)C2CC2)C(=O)N1c1ccc(Br)cc1. The quantitative estimate of drug-likeness (QED) is 0.542. The Kier molecular flexibility index (Phi) is 5.14. The van der Waals surface area contributed by atoms with Crippen molar-refractivity contribution in [2.75, 3.05) is 11.4 Å². The van der Waals surface area contributed by atoms with Crippen molar-refractivity contribution >= 4 is 50.2 Å². The van der Waals surface area contributed by atoms with Gasteiger partial charge < -0.3 is 9.88 Å². The molecule has 1 atom stereocenters. The standard InChI is InChI=1S/C24H22BrN3O3/c25-17-7-9-18(10-8-17)28-22(29)13-21(24(28)31)27(23(30)15-5-6-15)12-11-16-14-26-20-4-2-1-3-19(16)20/h1-4,7-10,14-15,21,26H,5-6,11-13H2. The predicted molar refractivity (Wildman–Crippen MR) is 121 cm³/mol. The van der Waals surface area contributed by atoms with E-state index >= 15 is 0 Å². The highest BCUT2D eigenvalue weighted by atomic mass is 79.9. The van der Waals surface area contributed by atoms with E-state index in [1.54, 1.807) is 29.2 Å². The molecule has 2 aromatic carbocycles. The maximum atomic E-state index is 13.3. The van der Waals surface area contributed by atoms with Crippen molar-refractivity contribution in [3.63, 3.8) is 0 Å². The molecule has 2 heterocycles. The van der Waals surface area contributed by atoms with E-state index in [9.17, 15) is 14.4 Å². The molecule has 5 rings (SSSR count). The van der Waals surface area contributed by atoms with Crippen LogP contribution in [0.1, 0.15) is 24.8 Å². The van der Waals surface area contributed by atoms with Gasteiger partial charge in [-0.05, 0) is 55.2 Å². The fourth-order valence-electron chi connectivity index (χ4n) is 4.28. The lowest BCUT2D eigenvalue weighted by atomic mass is 10.1. The maximum Gasteiger partial charge on any atom is 0.257 e. The average Bonchev–Trinajstić information content (AvgIpc) is 3.48. The molecule has 3 aromatic rings. The number of imide groups is 1. The van der Waals surface area contributed by atoms with E-state index < -0.39 is 6.04 Å². The van der Waals surface area contributed by atoms with Gasteiger partial charge in [0.1, 0.15) is 6.04 Å². The highest BCUT2D eigenvalue weighted by molar-refractivity contribution is 9.10. The molecule has 0 spiro atoms. The van der Waals surface area contributed by atoms with Crippen LogP contribution >= 0.6 is 15.9 Å². The summed E-state index contributed by atoms with van der Waals surface area (Å²) >= 11 is 3.37. The molecule has 1 aliphatic heterocycles. The number of fused-ring (bicyclic) bond motifs is 1. The maximum absolute atomic E-state index is 13.3. The van der Waals surface area contributed by atoms with Crippen LogP contribution in [0, 0.1) is 5.92 Å². The summed E-state index contributed by atoms with van der Waals surface area (Å²) in [7, 11) is 0. The van der Waals surface area contributed by atoms with Gasteiger partial charge >= 0.3 is 0 Å². The zero-order valence-corrected chi connectivity index (χ0v) is 18.5. The fraction of sp³-hybridized carbons (Fsp3) is 0.292. The number of carbonyl (C=O) groups is 3. The Labute approximate surface area is 188 Å². The van der Waals surface area contributed by atoms with E-state index in [4.69, 9.17) is 0 Å². The predicted octanol–water partition coefficient (Wildman–Crippen LogP) is 4.04. The van der Waals surface area contributed by atoms with Gasteiger partial charge in [0.05, 0.1) is 12.1 Å². The smallest absolute Gasteiger partial charge is 0.257 e. The molecule has 2 aliphatic rings. The molecule has 1 saturated heterocycles. The Hall–Kier alpha value is -2.93. The summed E-state index contributed by atoms with van der Waals surface area (Å²) in [5, 5.41) is 1.12. The topological polar surface area (TPSA) is 73.5 Å². The molecule has 31 heavy (non-hydrogen) atoms. The minimum absolute atomic E-state index is 0.0105. The Bertz CT molecular complexity index is 1170. The van der Waals surface area contributed by atoms with Crippen LogP contribution in [0.3, 0.4) is 0 Å². The third kappa shape index (κ3) is 3.78. The summed E-state index contributed by atoms with van der Waals surface area (Å²) in [6.45, 7) is 0.412. The van der Waals surface area contributed by atoms with E-state index in [0.717, 1.165) is 33.8 Å². The minimum Gasteiger partial charge on any atom is -0.361 e. The number of H-pyrrole nitrogens is 1. The number of amides is 3. The number of hydrogen-bond acceptors (Lipinski definition) is 3. The molecule has 1 aliphatic carbocycles. The van der Waals surface area contributed by atoms with Gasteiger partial charge in [-0.1, -0.05) is 34.1 Å². The lowest BCUT2D eigenvalue weighted by Gasteiger charge is -2.28. The molecule has 0 radical (unpaired) electrons. The summed E-state index contributed by atoms with van der Waals surface area (Å²) in [5.74, 6) is -0.616. The first-order valence-corrected chi connectivity index (χ1v) is 11.3. The molecule has 1 aromatic heterocycles. The summed E-state index contributed by atoms with van der Waals surface area (Å²) in [5.41, 5.74) is 2.69. The van der Waals surface area contributed by atoms with Gasteiger partial charge in [-0.15, -0.1) is 0 Å². The van der Waals surface area contributed by atoms with Gasteiger partial charge in [0.15, 0.2) is 0 Å². The minimum atomic E-state index is -0.741. The van der Waals surface area contributed by atoms with Gasteiger partial charge in [0.2, 0.25) is 11.8 Å². The number of aromatic amines is 1. The lowest BCUT2D eigenvalue weighted by Crippen LogP contribution is -2.47. The highest BCUT2D eigenvalue weighted by Crippen LogP contribution is 2.34. The second kappa shape index (κ2) is 7.96. The Morgan fingerprint density at radius 1 is 1.10 bits per heavy atom. The molecular weight excluding hydrogens is 458 g/mol. The van der Waals surface area contributed by atoms with Gasteiger partial charge in [-0.2, -0.15) is 0 Å². The van der Waals surface area contributed by atoms with Gasteiger partial charge in [0.25, 0.3) is 5.91 Å². The van der Waals surface area contributed by atoms with Crippen molar-refractivity contribution in [2.24, 2.45) is 5.92 Å². The second-order valence-corrected chi connectivity index (χ2v) is 9.09. The largest absolute Gasteiger partial charge is 0.361 e. The average molecular weight is 480 g/mol. The summed E-state index contributed by atoms with van der Waals surface area (Å²) in [6.07, 6.45) is 4.32. The van der Waals surface area contributed by atoms with Crippen LogP contribution in [0.5, 0.6) is 0 Å². The first-order valence-electron chi connectivity index (χ1n) is 10.5. The van der Waals surface area contributed by atoms with Crippen LogP contribution in [0.2, 0.25) is 0 Å². The van der Waals surface area contributed by atoms with Crippen LogP contribution in [0.25, 0.3) is 10.9 Å². The second-order valence-electron chi connectivity index (χ2n) is 8.18. The van der Waals surface area contributed by atoms with E-state index in [0.29, 0.717) is 18.7 Å². The van der Waals surface area contributed by atoms with Crippen molar-refractivity contribution in [3.05, 3.63) is 64.8 Å². The number of para-hydroxylation sites is 1. The van der Waals surface area contributed by atoms with Crippen molar-refractivity contribution < 1.29 is 14.4 Å². The molecular formula is C24H22BrN3O3. The molecule has 3 amide bonds. The lowest BCUT2D eigenvalue weighted by molar-refractivity contribution is -0.139. The third-order valence-electron chi connectivity index (χ3n) is 6.09. The molecule has 158 valence electrons. The van der Waals surface area contributed by atoms with Crippen LogP contribution in [-0.2, 0) is 20.8 Å². The van der Waals surface area contributed by atoms with E-state index in [-0.39, 0.29) is 30.1 Å². The normalized spacial score (nSPS) is 18.7. The Morgan fingerprint density at radius 3 is 2.58 bits per heavy atom. The van der Waals surface area contributed by atoms with Crippen LogP contribution in [0.4, 0.5) is 5.69 Å². The van der Waals surface area contributed by atoms with Crippen LogP contribution in [-0.4, -0.2) is 40.2 Å². The molecule has 0 bridgehead atoms. The molecule has 7 heteroatoms. The molecule has 1 saturated carbocycles. The van der Waals surface area contributed by atoms with Gasteiger partial charge in [-0.3, -0.25) is 14.4 Å². The number of benzene rings is 2. The first-order chi connectivity index (χ1) is 15.0. The number of nitrogens with zero attached hydrogens (tertiary/aromatic N) is 2. The Balaban J connectivity index is 1.39. The first kappa shape index (κ1) is 20.0. The summed E-state index contributed by atoms with van der Waals surface area (Å²) in [4.78, 5) is 45.2. The summed E-state index contributed by atoms with van der Waals surface area (Å²) in [6, 6.07) is 14.4. The molecule has 1 unspecified atom stereocenters. The van der Waals surface area contributed by atoms with Crippen molar-refractivity contribution in [1.29, 1.82) is 0 Å². The number of anilines is 1. The summed E-state index contributed by atoms with van der Waals surface area (Å²) < 4.78 is 0.871. The number of rotatable bonds is 6. The molecule has 2 fully saturated rings. The van der Waals surface area contributed by atoms with Crippen molar-refractivity contribution in [1.82, 2.24) is 9.88 Å². The van der Waals surface area contributed by atoms with Crippen LogP contribution in [0.15, 0.2) is 59.2 Å². The number of carbonyl (C=O) groups excluding carboxylic acids is 3. The Morgan fingerprint density at radius 2 is 1.84 bits per heavy atom. The van der Waals surface area contributed by atoms with Crippen molar-refractivity contribution in [3.8, 4) is 0 Å².